The molecule has 84 valence electrons. The molecule has 0 saturated heterocycles. The summed E-state index contributed by atoms with van der Waals surface area (Å²) in [6.45, 7) is 2.89. The molecule has 1 N–H and O–H groups in total. The molecule has 0 saturated carbocycles. The largest absolute Gasteiger partial charge is 0.386 e. The monoisotopic (exact) mass is 218 g/mol. The summed E-state index contributed by atoms with van der Waals surface area (Å²) in [5.41, 5.74) is 0.577. The molecule has 2 heterocycles. The average molecular weight is 218 g/mol. The van der Waals surface area contributed by atoms with Crippen molar-refractivity contribution in [2.75, 3.05) is 0 Å². The molecule has 0 aliphatic rings. The first kappa shape index (κ1) is 10.8. The van der Waals surface area contributed by atoms with Crippen molar-refractivity contribution in [2.45, 2.75) is 26.0 Å². The van der Waals surface area contributed by atoms with Crippen LogP contribution in [-0.4, -0.2) is 24.6 Å². The molecule has 5 heteroatoms. The topological polar surface area (TPSA) is 63.8 Å². The van der Waals surface area contributed by atoms with Gasteiger partial charge in [0.1, 0.15) is 11.9 Å². The Bertz CT molecular complexity index is 440. The fourth-order valence-electron chi connectivity index (χ4n) is 1.58. The fourth-order valence-corrected chi connectivity index (χ4v) is 1.58. The van der Waals surface area contributed by atoms with Crippen LogP contribution in [0.15, 0.2) is 31.0 Å². The highest BCUT2D eigenvalue weighted by Gasteiger charge is 2.12. The third-order valence-electron chi connectivity index (χ3n) is 2.44. The lowest BCUT2D eigenvalue weighted by Crippen LogP contribution is -2.09. The maximum absolute atomic E-state index is 9.96. The minimum atomic E-state index is -0.651. The van der Waals surface area contributed by atoms with Gasteiger partial charge in [0.25, 0.3) is 0 Å². The number of aromatic nitrogens is 4. The second-order valence-corrected chi connectivity index (χ2v) is 3.48. The molecule has 0 amide bonds. The van der Waals surface area contributed by atoms with Crippen molar-refractivity contribution in [3.8, 4) is 0 Å². The van der Waals surface area contributed by atoms with Crippen LogP contribution in [0.4, 0.5) is 0 Å². The summed E-state index contributed by atoms with van der Waals surface area (Å²) in [5.74, 6) is 0.862. The predicted octanol–water partition coefficient (Wildman–Crippen LogP) is 0.969. The summed E-state index contributed by atoms with van der Waals surface area (Å²) < 4.78 is 2.00. The van der Waals surface area contributed by atoms with Gasteiger partial charge in [-0.1, -0.05) is 0 Å². The standard InChI is InChI=1S/C11H14N4O/c1-2-15-6-5-14-11(15)7-10(16)9-8-12-3-4-13-9/h3-6,8,10,16H,2,7H2,1H3. The van der Waals surface area contributed by atoms with Crippen molar-refractivity contribution >= 4 is 0 Å². The Morgan fingerprint density at radius 2 is 2.19 bits per heavy atom. The van der Waals surface area contributed by atoms with Crippen molar-refractivity contribution in [1.82, 2.24) is 19.5 Å². The van der Waals surface area contributed by atoms with Crippen LogP contribution in [0, 0.1) is 0 Å². The number of imidazole rings is 1. The van der Waals surface area contributed by atoms with Gasteiger partial charge in [0.15, 0.2) is 0 Å². The number of hydrogen-bond donors (Lipinski definition) is 1. The van der Waals surface area contributed by atoms with E-state index in [-0.39, 0.29) is 0 Å². The van der Waals surface area contributed by atoms with E-state index in [1.807, 2.05) is 17.7 Å². The second-order valence-electron chi connectivity index (χ2n) is 3.48. The molecule has 2 aromatic rings. The van der Waals surface area contributed by atoms with Gasteiger partial charge < -0.3 is 9.67 Å². The van der Waals surface area contributed by atoms with E-state index in [0.717, 1.165) is 12.4 Å². The number of hydrogen-bond acceptors (Lipinski definition) is 4. The zero-order valence-electron chi connectivity index (χ0n) is 9.11. The predicted molar refractivity (Wildman–Crippen MR) is 58.6 cm³/mol. The first-order chi connectivity index (χ1) is 7.81. The maximum Gasteiger partial charge on any atom is 0.111 e. The minimum Gasteiger partial charge on any atom is -0.386 e. The van der Waals surface area contributed by atoms with Crippen LogP contribution in [0.25, 0.3) is 0 Å². The molecular weight excluding hydrogens is 204 g/mol. The van der Waals surface area contributed by atoms with E-state index in [9.17, 15) is 5.11 Å². The van der Waals surface area contributed by atoms with E-state index in [1.165, 1.54) is 0 Å². The molecule has 5 nitrogen and oxygen atoms in total. The van der Waals surface area contributed by atoms with Crippen molar-refractivity contribution < 1.29 is 5.11 Å². The van der Waals surface area contributed by atoms with Gasteiger partial charge in [0.05, 0.1) is 11.9 Å². The Morgan fingerprint density at radius 1 is 1.31 bits per heavy atom. The Hall–Kier alpha value is -1.75. The molecule has 16 heavy (non-hydrogen) atoms. The Morgan fingerprint density at radius 3 is 2.88 bits per heavy atom. The number of nitrogens with zero attached hydrogens (tertiary/aromatic N) is 4. The minimum absolute atomic E-state index is 0.458. The van der Waals surface area contributed by atoms with Gasteiger partial charge in [-0.2, -0.15) is 0 Å². The average Bonchev–Trinajstić information content (AvgIpc) is 2.77. The molecule has 2 rings (SSSR count). The normalized spacial score (nSPS) is 12.6. The highest BCUT2D eigenvalue weighted by Crippen LogP contribution is 2.14. The molecule has 0 aromatic carbocycles. The molecule has 0 fully saturated rings. The zero-order valence-corrected chi connectivity index (χ0v) is 9.11. The van der Waals surface area contributed by atoms with Gasteiger partial charge >= 0.3 is 0 Å². The van der Waals surface area contributed by atoms with Gasteiger partial charge in [-0.15, -0.1) is 0 Å². The molecule has 0 bridgehead atoms. The van der Waals surface area contributed by atoms with Gasteiger partial charge in [-0.05, 0) is 6.92 Å². The van der Waals surface area contributed by atoms with Crippen LogP contribution in [0.1, 0.15) is 24.5 Å². The highest BCUT2D eigenvalue weighted by atomic mass is 16.3. The Balaban J connectivity index is 2.11. The molecule has 2 aromatic heterocycles. The lowest BCUT2D eigenvalue weighted by molar-refractivity contribution is 0.169. The number of aryl methyl sites for hydroxylation is 1. The molecule has 0 radical (unpaired) electrons. The van der Waals surface area contributed by atoms with E-state index in [0.29, 0.717) is 12.1 Å². The first-order valence-electron chi connectivity index (χ1n) is 5.25. The fraction of sp³-hybridized carbons (Fsp3) is 0.364. The smallest absolute Gasteiger partial charge is 0.111 e. The van der Waals surface area contributed by atoms with E-state index < -0.39 is 6.10 Å². The van der Waals surface area contributed by atoms with Gasteiger partial charge in [-0.25, -0.2) is 4.98 Å². The highest BCUT2D eigenvalue weighted by molar-refractivity contribution is 5.04. The first-order valence-corrected chi connectivity index (χ1v) is 5.25. The summed E-state index contributed by atoms with van der Waals surface area (Å²) in [7, 11) is 0. The van der Waals surface area contributed by atoms with E-state index in [4.69, 9.17) is 0 Å². The van der Waals surface area contributed by atoms with E-state index in [2.05, 4.69) is 15.0 Å². The van der Waals surface area contributed by atoms with Crippen molar-refractivity contribution in [1.29, 1.82) is 0 Å². The molecule has 1 unspecified atom stereocenters. The lowest BCUT2D eigenvalue weighted by Gasteiger charge is -2.10. The summed E-state index contributed by atoms with van der Waals surface area (Å²) in [5, 5.41) is 9.96. The van der Waals surface area contributed by atoms with Crippen LogP contribution in [0.5, 0.6) is 0 Å². The van der Waals surface area contributed by atoms with Crippen LogP contribution < -0.4 is 0 Å². The maximum atomic E-state index is 9.96. The molecule has 0 spiro atoms. The second kappa shape index (κ2) is 4.85. The molecule has 0 aliphatic heterocycles. The Labute approximate surface area is 93.8 Å². The summed E-state index contributed by atoms with van der Waals surface area (Å²) >= 11 is 0. The van der Waals surface area contributed by atoms with E-state index in [1.54, 1.807) is 24.8 Å². The van der Waals surface area contributed by atoms with Crippen LogP contribution in [-0.2, 0) is 13.0 Å². The van der Waals surface area contributed by atoms with Gasteiger partial charge in [0.2, 0.25) is 0 Å². The number of rotatable bonds is 4. The van der Waals surface area contributed by atoms with Crippen molar-refractivity contribution in [3.63, 3.8) is 0 Å². The van der Waals surface area contributed by atoms with Crippen LogP contribution in [0.3, 0.4) is 0 Å². The molecular formula is C11H14N4O. The van der Waals surface area contributed by atoms with Crippen LogP contribution in [0.2, 0.25) is 0 Å². The lowest BCUT2D eigenvalue weighted by atomic mass is 10.2. The molecule has 0 aliphatic carbocycles. The van der Waals surface area contributed by atoms with E-state index >= 15 is 0 Å². The number of aliphatic hydroxyl groups excluding tert-OH is 1. The SMILES string of the molecule is CCn1ccnc1CC(O)c1cnccn1. The zero-order chi connectivity index (χ0) is 11.4. The quantitative estimate of drug-likeness (QED) is 0.830. The third kappa shape index (κ3) is 2.25. The summed E-state index contributed by atoms with van der Waals surface area (Å²) in [4.78, 5) is 12.2. The van der Waals surface area contributed by atoms with Gasteiger partial charge in [0, 0.05) is 37.8 Å². The van der Waals surface area contributed by atoms with Gasteiger partial charge in [-0.3, -0.25) is 9.97 Å². The summed E-state index contributed by atoms with van der Waals surface area (Å²) in [6, 6.07) is 0. The van der Waals surface area contributed by atoms with Crippen molar-refractivity contribution in [2.24, 2.45) is 0 Å². The van der Waals surface area contributed by atoms with Crippen molar-refractivity contribution in [3.05, 3.63) is 42.5 Å². The summed E-state index contributed by atoms with van der Waals surface area (Å²) in [6.07, 6.45) is 8.18. The Kier molecular flexibility index (Phi) is 3.26. The molecule has 1 atom stereocenters. The third-order valence-corrected chi connectivity index (χ3v) is 2.44. The number of aliphatic hydroxyl groups is 1. The van der Waals surface area contributed by atoms with Crippen LogP contribution >= 0.6 is 0 Å².